The fourth-order valence-electron chi connectivity index (χ4n) is 2.93. The monoisotopic (exact) mass is 421 g/mol. The van der Waals surface area contributed by atoms with Crippen molar-refractivity contribution in [1.29, 1.82) is 0 Å². The first-order valence-corrected chi connectivity index (χ1v) is 9.69. The maximum Gasteiger partial charge on any atom is 0.203 e. The summed E-state index contributed by atoms with van der Waals surface area (Å²) in [7, 11) is 4.69. The molecule has 2 aromatic carbocycles. The Balaban J connectivity index is 2.11. The van der Waals surface area contributed by atoms with Crippen molar-refractivity contribution in [3.63, 3.8) is 0 Å². The minimum Gasteiger partial charge on any atom is -0.493 e. The van der Waals surface area contributed by atoms with Crippen molar-refractivity contribution in [1.82, 2.24) is 10.6 Å². The molecule has 0 spiro atoms. The maximum absolute atomic E-state index is 13.5. The highest BCUT2D eigenvalue weighted by Crippen LogP contribution is 2.38. The molecule has 0 aromatic heterocycles. The van der Waals surface area contributed by atoms with Crippen LogP contribution in [-0.2, 0) is 6.54 Å². The molecule has 164 valence electrons. The van der Waals surface area contributed by atoms with Gasteiger partial charge in [0.1, 0.15) is 0 Å². The summed E-state index contributed by atoms with van der Waals surface area (Å²) in [6, 6.07) is 7.65. The van der Waals surface area contributed by atoms with Gasteiger partial charge in [-0.25, -0.2) is 13.8 Å². The lowest BCUT2D eigenvalue weighted by Gasteiger charge is -2.17. The van der Waals surface area contributed by atoms with Gasteiger partial charge >= 0.3 is 0 Å². The molecule has 0 heterocycles. The van der Waals surface area contributed by atoms with Crippen LogP contribution in [-0.4, -0.2) is 40.4 Å². The van der Waals surface area contributed by atoms with Gasteiger partial charge < -0.3 is 24.8 Å². The van der Waals surface area contributed by atoms with Crippen molar-refractivity contribution < 1.29 is 23.0 Å². The summed E-state index contributed by atoms with van der Waals surface area (Å²) >= 11 is 0. The molecule has 2 aromatic rings. The second-order valence-corrected chi connectivity index (χ2v) is 6.68. The molecular weight excluding hydrogens is 392 g/mol. The summed E-state index contributed by atoms with van der Waals surface area (Å²) in [5, 5.41) is 6.42. The number of ether oxygens (including phenoxy) is 3. The lowest BCUT2D eigenvalue weighted by molar-refractivity contribution is 0.324. The molecule has 6 nitrogen and oxygen atoms in total. The summed E-state index contributed by atoms with van der Waals surface area (Å²) in [6.45, 7) is 5.47. The van der Waals surface area contributed by atoms with Crippen LogP contribution in [0.5, 0.6) is 17.2 Å². The smallest absolute Gasteiger partial charge is 0.203 e. The van der Waals surface area contributed by atoms with Crippen molar-refractivity contribution in [2.75, 3.05) is 34.4 Å². The molecule has 0 aliphatic rings. The zero-order valence-corrected chi connectivity index (χ0v) is 18.0. The molecule has 0 amide bonds. The fraction of sp³-hybridized carbons (Fsp3) is 0.409. The Labute approximate surface area is 176 Å². The van der Waals surface area contributed by atoms with Crippen molar-refractivity contribution in [3.8, 4) is 17.2 Å². The number of halogens is 2. The number of nitrogens with one attached hydrogen (secondary N) is 2. The minimum absolute atomic E-state index is 0.0369. The van der Waals surface area contributed by atoms with Crippen LogP contribution >= 0.6 is 0 Å². The largest absolute Gasteiger partial charge is 0.493 e. The third-order valence-corrected chi connectivity index (χ3v) is 4.58. The van der Waals surface area contributed by atoms with Gasteiger partial charge in [-0.05, 0) is 48.2 Å². The first kappa shape index (κ1) is 23.3. The average Bonchev–Trinajstić information content (AvgIpc) is 2.76. The van der Waals surface area contributed by atoms with Gasteiger partial charge in [0.2, 0.25) is 5.75 Å². The average molecular weight is 421 g/mol. The molecule has 0 bridgehead atoms. The number of hydrogen-bond acceptors (Lipinski definition) is 4. The number of nitrogens with zero attached hydrogens (tertiary/aromatic N) is 1. The summed E-state index contributed by atoms with van der Waals surface area (Å²) in [5.74, 6) is 0.532. The van der Waals surface area contributed by atoms with E-state index in [1.807, 2.05) is 26.0 Å². The highest BCUT2D eigenvalue weighted by atomic mass is 19.2. The van der Waals surface area contributed by atoms with E-state index in [-0.39, 0.29) is 5.92 Å². The summed E-state index contributed by atoms with van der Waals surface area (Å²) in [4.78, 5) is 4.60. The van der Waals surface area contributed by atoms with E-state index in [4.69, 9.17) is 14.2 Å². The van der Waals surface area contributed by atoms with Crippen LogP contribution < -0.4 is 24.8 Å². The quantitative estimate of drug-likeness (QED) is 0.476. The van der Waals surface area contributed by atoms with E-state index in [2.05, 4.69) is 15.6 Å². The van der Waals surface area contributed by atoms with Crippen LogP contribution in [0.25, 0.3) is 0 Å². The molecule has 0 aliphatic heterocycles. The van der Waals surface area contributed by atoms with E-state index in [1.165, 1.54) is 6.07 Å². The van der Waals surface area contributed by atoms with Crippen molar-refractivity contribution in [3.05, 3.63) is 53.1 Å². The highest BCUT2D eigenvalue weighted by Gasteiger charge is 2.14. The van der Waals surface area contributed by atoms with Crippen LogP contribution in [0.15, 0.2) is 35.3 Å². The normalized spacial score (nSPS) is 12.3. The van der Waals surface area contributed by atoms with E-state index in [0.717, 1.165) is 11.6 Å². The van der Waals surface area contributed by atoms with Gasteiger partial charge in [-0.2, -0.15) is 0 Å². The maximum atomic E-state index is 13.5. The minimum atomic E-state index is -0.848. The molecule has 2 rings (SSSR count). The van der Waals surface area contributed by atoms with Gasteiger partial charge in [-0.3, -0.25) is 0 Å². The lowest BCUT2D eigenvalue weighted by Crippen LogP contribution is -2.39. The van der Waals surface area contributed by atoms with Crippen LogP contribution in [0.2, 0.25) is 0 Å². The number of guanidine groups is 1. The number of aliphatic imine (C=N–C) groups is 1. The molecule has 0 saturated carbocycles. The fourth-order valence-corrected chi connectivity index (χ4v) is 2.93. The van der Waals surface area contributed by atoms with Gasteiger partial charge in [-0.1, -0.05) is 13.0 Å². The van der Waals surface area contributed by atoms with Crippen LogP contribution in [0.1, 0.15) is 30.9 Å². The SMILES string of the molecule is CCNC(=NCc1cc(OC)c(OC)c(OC)c1)NCC(C)c1ccc(F)c(F)c1. The zero-order chi connectivity index (χ0) is 22.1. The van der Waals surface area contributed by atoms with Gasteiger partial charge in [0.25, 0.3) is 0 Å². The Bertz CT molecular complexity index is 850. The summed E-state index contributed by atoms with van der Waals surface area (Å²) in [5.41, 5.74) is 1.59. The van der Waals surface area contributed by atoms with Crippen molar-refractivity contribution in [2.24, 2.45) is 4.99 Å². The Morgan fingerprint density at radius 1 is 0.967 bits per heavy atom. The molecule has 1 atom stereocenters. The van der Waals surface area contributed by atoms with Gasteiger partial charge in [0.05, 0.1) is 27.9 Å². The van der Waals surface area contributed by atoms with E-state index in [9.17, 15) is 8.78 Å². The van der Waals surface area contributed by atoms with Crippen molar-refractivity contribution in [2.45, 2.75) is 26.3 Å². The Morgan fingerprint density at radius 2 is 1.63 bits per heavy atom. The van der Waals surface area contributed by atoms with E-state index in [0.29, 0.717) is 48.4 Å². The molecule has 0 aliphatic carbocycles. The molecular formula is C22H29F2N3O3. The number of rotatable bonds is 9. The second kappa shape index (κ2) is 11.2. The number of hydrogen-bond donors (Lipinski definition) is 2. The van der Waals surface area contributed by atoms with Crippen LogP contribution in [0.3, 0.4) is 0 Å². The molecule has 30 heavy (non-hydrogen) atoms. The Hall–Kier alpha value is -3.03. The molecule has 0 radical (unpaired) electrons. The van der Waals surface area contributed by atoms with Gasteiger partial charge in [0.15, 0.2) is 29.1 Å². The lowest BCUT2D eigenvalue weighted by atomic mass is 10.0. The highest BCUT2D eigenvalue weighted by molar-refractivity contribution is 5.79. The zero-order valence-electron chi connectivity index (χ0n) is 18.0. The first-order chi connectivity index (χ1) is 14.4. The van der Waals surface area contributed by atoms with E-state index < -0.39 is 11.6 Å². The predicted octanol–water partition coefficient (Wildman–Crippen LogP) is 3.85. The number of benzene rings is 2. The molecule has 1 unspecified atom stereocenters. The standard InChI is InChI=1S/C22H29F2N3O3/c1-6-25-22(26-12-14(2)16-7-8-17(23)18(24)11-16)27-13-15-9-19(28-3)21(30-5)20(10-15)29-4/h7-11,14H,6,12-13H2,1-5H3,(H2,25,26,27). The van der Waals surface area contributed by atoms with E-state index >= 15 is 0 Å². The third kappa shape index (κ3) is 5.98. The Morgan fingerprint density at radius 3 is 2.17 bits per heavy atom. The second-order valence-electron chi connectivity index (χ2n) is 6.68. The summed E-state index contributed by atoms with van der Waals surface area (Å²) < 4.78 is 42.7. The first-order valence-electron chi connectivity index (χ1n) is 9.69. The molecule has 2 N–H and O–H groups in total. The van der Waals surface area contributed by atoms with Crippen LogP contribution in [0.4, 0.5) is 8.78 Å². The predicted molar refractivity (Wildman–Crippen MR) is 114 cm³/mol. The molecule has 8 heteroatoms. The van der Waals surface area contributed by atoms with E-state index in [1.54, 1.807) is 27.4 Å². The van der Waals surface area contributed by atoms with Crippen LogP contribution in [0, 0.1) is 11.6 Å². The summed E-state index contributed by atoms with van der Waals surface area (Å²) in [6.07, 6.45) is 0. The molecule has 0 fully saturated rings. The van der Waals surface area contributed by atoms with Gasteiger partial charge in [0, 0.05) is 13.1 Å². The third-order valence-electron chi connectivity index (χ3n) is 4.58. The Kier molecular flexibility index (Phi) is 8.70. The van der Waals surface area contributed by atoms with Gasteiger partial charge in [-0.15, -0.1) is 0 Å². The number of methoxy groups -OCH3 is 3. The van der Waals surface area contributed by atoms with Crippen molar-refractivity contribution >= 4 is 5.96 Å². The topological polar surface area (TPSA) is 64.1 Å². The molecule has 0 saturated heterocycles.